The van der Waals surface area contributed by atoms with Gasteiger partial charge in [0.25, 0.3) is 11.5 Å². The van der Waals surface area contributed by atoms with Gasteiger partial charge in [-0.15, -0.1) is 0 Å². The van der Waals surface area contributed by atoms with Crippen molar-refractivity contribution in [2.45, 2.75) is 75.3 Å². The average molecular weight is 617 g/mol. The minimum atomic E-state index is -1.69. The van der Waals surface area contributed by atoms with E-state index in [-0.39, 0.29) is 5.76 Å². The number of ether oxygens (including phenoxy) is 4. The molecule has 2 aliphatic heterocycles. The molecule has 2 fully saturated rings. The number of nitrogens with one attached hydrogen (secondary N) is 2. The number of nitrogens with zero attached hydrogens (tertiary/aromatic N) is 1. The lowest BCUT2D eigenvalue weighted by Crippen LogP contribution is -2.53. The van der Waals surface area contributed by atoms with Gasteiger partial charge in [0, 0.05) is 42.6 Å². The Bertz CT molecular complexity index is 1490. The van der Waals surface area contributed by atoms with Crippen LogP contribution in [0.3, 0.4) is 0 Å². The van der Waals surface area contributed by atoms with E-state index in [2.05, 4.69) is 10.3 Å². The fourth-order valence-electron chi connectivity index (χ4n) is 5.79. The van der Waals surface area contributed by atoms with Crippen LogP contribution in [0.2, 0.25) is 0 Å². The lowest BCUT2D eigenvalue weighted by molar-refractivity contribution is -0.302. The van der Waals surface area contributed by atoms with Gasteiger partial charge in [0.1, 0.15) is 18.3 Å². The summed E-state index contributed by atoms with van der Waals surface area (Å²) in [5.41, 5.74) is 4.67. The number of para-hydroxylation sites is 1. The lowest BCUT2D eigenvalue weighted by atomic mass is 9.94. The van der Waals surface area contributed by atoms with Gasteiger partial charge < -0.3 is 45.3 Å². The Morgan fingerprint density at radius 1 is 1.20 bits per heavy atom. The fourth-order valence-corrected chi connectivity index (χ4v) is 5.79. The lowest BCUT2D eigenvalue weighted by Gasteiger charge is -2.40. The molecule has 3 heterocycles. The molecule has 44 heavy (non-hydrogen) atoms. The van der Waals surface area contributed by atoms with Crippen LogP contribution in [0.1, 0.15) is 38.8 Å². The van der Waals surface area contributed by atoms with E-state index in [0.717, 1.165) is 29.7 Å². The summed E-state index contributed by atoms with van der Waals surface area (Å²) in [7, 11) is 0. The predicted octanol–water partition coefficient (Wildman–Crippen LogP) is -0.563. The molecule has 3 aliphatic rings. The molecule has 0 spiro atoms. The maximum atomic E-state index is 13.2. The molecule has 7 N–H and O–H groups in total. The number of rotatable bonds is 10. The first-order valence-electron chi connectivity index (χ1n) is 14.4. The van der Waals surface area contributed by atoms with Crippen molar-refractivity contribution in [1.82, 2.24) is 9.55 Å². The number of primary amides is 1. The number of H-pyrrole nitrogens is 1. The molecule has 8 atom stereocenters. The summed E-state index contributed by atoms with van der Waals surface area (Å²) in [6.45, 7) is 1.03. The zero-order chi connectivity index (χ0) is 31.6. The molecule has 1 saturated carbocycles. The summed E-state index contributed by atoms with van der Waals surface area (Å²) in [5, 5.41) is 34.9. The van der Waals surface area contributed by atoms with Gasteiger partial charge in [-0.3, -0.25) is 23.9 Å². The van der Waals surface area contributed by atoms with E-state index in [9.17, 15) is 34.5 Å². The second-order valence-electron chi connectivity index (χ2n) is 11.2. The number of amides is 2. The second kappa shape index (κ2) is 13.0. The first kappa shape index (κ1) is 31.6. The maximum absolute atomic E-state index is 13.2. The van der Waals surface area contributed by atoms with Crippen LogP contribution in [0.4, 0.5) is 5.69 Å². The number of hydrogen-bond acceptors (Lipinski definition) is 11. The number of benzene rings is 1. The zero-order valence-corrected chi connectivity index (χ0v) is 23.9. The first-order chi connectivity index (χ1) is 21.0. The molecule has 238 valence electrons. The van der Waals surface area contributed by atoms with Crippen LogP contribution in [0.25, 0.3) is 0 Å². The SMILES string of the molecule is C[C@H]1C=C(C(=O)Nc2ccccc2)O[C@H](O[C@@H](C(N)=O)C2O[C@@H](n3ccc(=O)[nH]c3=O)C(O)[C@@H]2CO)[C@H]1OC1(O)CCCC1. The molecule has 1 aliphatic carbocycles. The third-order valence-corrected chi connectivity index (χ3v) is 8.08. The minimum Gasteiger partial charge on any atom is -0.457 e. The quantitative estimate of drug-likeness (QED) is 0.186. The van der Waals surface area contributed by atoms with Crippen molar-refractivity contribution in [3.8, 4) is 0 Å². The van der Waals surface area contributed by atoms with Crippen LogP contribution in [0, 0.1) is 11.8 Å². The maximum Gasteiger partial charge on any atom is 0.330 e. The van der Waals surface area contributed by atoms with Crippen LogP contribution in [0.15, 0.2) is 64.0 Å². The topological polar surface area (TPSA) is 225 Å². The van der Waals surface area contributed by atoms with Gasteiger partial charge >= 0.3 is 5.69 Å². The molecule has 0 bridgehead atoms. The molecule has 15 nitrogen and oxygen atoms in total. The molecule has 2 amide bonds. The minimum absolute atomic E-state index is 0.142. The molecular weight excluding hydrogens is 580 g/mol. The van der Waals surface area contributed by atoms with E-state index in [1.54, 1.807) is 37.3 Å². The van der Waals surface area contributed by atoms with E-state index in [1.807, 2.05) is 0 Å². The highest BCUT2D eigenvalue weighted by molar-refractivity contribution is 6.02. The van der Waals surface area contributed by atoms with Crippen molar-refractivity contribution in [3.05, 3.63) is 75.3 Å². The number of aliphatic hydroxyl groups excluding tert-OH is 2. The molecule has 5 rings (SSSR count). The number of nitrogens with two attached hydrogens (primary N) is 1. The molecule has 2 unspecified atom stereocenters. The Balaban J connectivity index is 1.43. The van der Waals surface area contributed by atoms with Crippen molar-refractivity contribution < 1.29 is 43.9 Å². The zero-order valence-electron chi connectivity index (χ0n) is 23.9. The van der Waals surface area contributed by atoms with Crippen molar-refractivity contribution in [2.75, 3.05) is 11.9 Å². The van der Waals surface area contributed by atoms with Gasteiger partial charge in [-0.1, -0.05) is 25.1 Å². The van der Waals surface area contributed by atoms with E-state index < -0.39 is 84.2 Å². The monoisotopic (exact) mass is 616 g/mol. The van der Waals surface area contributed by atoms with Crippen LogP contribution in [0.5, 0.6) is 0 Å². The van der Waals surface area contributed by atoms with Gasteiger partial charge in [0.2, 0.25) is 12.2 Å². The molecule has 15 heteroatoms. The Morgan fingerprint density at radius 2 is 1.91 bits per heavy atom. The van der Waals surface area contributed by atoms with Gasteiger partial charge in [-0.25, -0.2) is 4.79 Å². The highest BCUT2D eigenvalue weighted by Crippen LogP contribution is 2.39. The highest BCUT2D eigenvalue weighted by Gasteiger charge is 2.52. The van der Waals surface area contributed by atoms with Crippen LogP contribution < -0.4 is 22.3 Å². The van der Waals surface area contributed by atoms with E-state index in [0.29, 0.717) is 18.5 Å². The molecule has 1 saturated heterocycles. The van der Waals surface area contributed by atoms with Gasteiger partial charge in [-0.05, 0) is 31.1 Å². The Labute approximate surface area is 251 Å². The normalized spacial score (nSPS) is 30.3. The number of aromatic nitrogens is 2. The molecule has 1 aromatic carbocycles. The average Bonchev–Trinajstić information content (AvgIpc) is 3.56. The predicted molar refractivity (Wildman–Crippen MR) is 151 cm³/mol. The number of carbonyl (C=O) groups excluding carboxylic acids is 2. The number of carbonyl (C=O) groups is 2. The summed E-state index contributed by atoms with van der Waals surface area (Å²) >= 11 is 0. The largest absolute Gasteiger partial charge is 0.457 e. The Morgan fingerprint density at radius 3 is 2.55 bits per heavy atom. The number of aliphatic hydroxyl groups is 3. The second-order valence-corrected chi connectivity index (χ2v) is 11.2. The van der Waals surface area contributed by atoms with Crippen LogP contribution in [-0.4, -0.2) is 79.8 Å². The van der Waals surface area contributed by atoms with Gasteiger partial charge in [0.15, 0.2) is 23.9 Å². The highest BCUT2D eigenvalue weighted by atomic mass is 16.7. The fraction of sp³-hybridized carbons (Fsp3) is 0.517. The third-order valence-electron chi connectivity index (χ3n) is 8.08. The molecule has 0 radical (unpaired) electrons. The summed E-state index contributed by atoms with van der Waals surface area (Å²) in [5.74, 6) is -5.05. The van der Waals surface area contributed by atoms with Crippen molar-refractivity contribution in [3.63, 3.8) is 0 Å². The molecule has 2 aromatic rings. The van der Waals surface area contributed by atoms with E-state index in [1.165, 1.54) is 6.08 Å². The van der Waals surface area contributed by atoms with Crippen LogP contribution in [-0.2, 0) is 28.5 Å². The van der Waals surface area contributed by atoms with E-state index >= 15 is 0 Å². The van der Waals surface area contributed by atoms with Crippen molar-refractivity contribution >= 4 is 17.5 Å². The third kappa shape index (κ3) is 6.62. The van der Waals surface area contributed by atoms with Gasteiger partial charge in [-0.2, -0.15) is 0 Å². The summed E-state index contributed by atoms with van der Waals surface area (Å²) in [4.78, 5) is 52.0. The van der Waals surface area contributed by atoms with E-state index in [4.69, 9.17) is 24.7 Å². The smallest absolute Gasteiger partial charge is 0.330 e. The Kier molecular flexibility index (Phi) is 9.34. The Hall–Kier alpha value is -3.86. The molecular formula is C29H36N4O11. The van der Waals surface area contributed by atoms with Crippen LogP contribution >= 0.6 is 0 Å². The van der Waals surface area contributed by atoms with Gasteiger partial charge in [0.05, 0.1) is 6.61 Å². The number of anilines is 1. The summed E-state index contributed by atoms with van der Waals surface area (Å²) in [6.07, 6.45) is -3.76. The number of hydrogen-bond donors (Lipinski definition) is 6. The molecule has 1 aromatic heterocycles. The van der Waals surface area contributed by atoms with Crippen molar-refractivity contribution in [2.24, 2.45) is 17.6 Å². The first-order valence-corrected chi connectivity index (χ1v) is 14.4. The summed E-state index contributed by atoms with van der Waals surface area (Å²) < 4.78 is 24.9. The number of aromatic amines is 1. The van der Waals surface area contributed by atoms with Crippen molar-refractivity contribution in [1.29, 1.82) is 0 Å². The summed E-state index contributed by atoms with van der Waals surface area (Å²) in [6, 6.07) is 9.69. The standard InChI is InChI=1S/C29H36N4O11/c1-15-13-18(25(38)31-16-7-3-2-4-8-16)41-27(21(15)44-29(40)10-5-6-11-29)43-23(24(30)37)22-17(14-34)20(36)26(42-22)33-12-9-19(35)32-28(33)39/h2-4,7-9,12-13,15,17,20-23,26-27,34,36,40H,5-6,10-11,14H2,1H3,(H2,30,37)(H,31,38)(H,32,35,39)/t15-,17-,20?,21-,22?,23+,26+,27+/m0/s1.